The molecule has 122 valence electrons. The molecule has 22 heavy (non-hydrogen) atoms. The van der Waals surface area contributed by atoms with Gasteiger partial charge in [-0.2, -0.15) is 0 Å². The van der Waals surface area contributed by atoms with Crippen LogP contribution in [0.2, 0.25) is 0 Å². The molecular formula is C17H26N2O3. The molecule has 1 saturated heterocycles. The molecule has 0 aliphatic carbocycles. The van der Waals surface area contributed by atoms with Gasteiger partial charge in [0.25, 0.3) is 0 Å². The molecule has 5 heteroatoms. The first-order valence-electron chi connectivity index (χ1n) is 8.25. The number of phenols is 2. The molecular weight excluding hydrogens is 280 g/mol. The van der Waals surface area contributed by atoms with Crippen molar-refractivity contribution in [3.8, 4) is 11.5 Å². The summed E-state index contributed by atoms with van der Waals surface area (Å²) in [6, 6.07) is 3.33. The largest absolute Gasteiger partial charge is 0.504 e. The maximum Gasteiger partial charge on any atom is 0.161 e. The quantitative estimate of drug-likeness (QED) is 0.742. The van der Waals surface area contributed by atoms with E-state index in [-0.39, 0.29) is 23.7 Å². The first kappa shape index (κ1) is 15.6. The highest BCUT2D eigenvalue weighted by atomic mass is 16.5. The first-order valence-corrected chi connectivity index (χ1v) is 8.25. The number of piperidine rings is 1. The number of fused-ring (bicyclic) bond motifs is 1. The van der Waals surface area contributed by atoms with Crippen LogP contribution < -0.4 is 5.73 Å². The highest BCUT2D eigenvalue weighted by Gasteiger charge is 2.35. The van der Waals surface area contributed by atoms with Crippen LogP contribution in [0.15, 0.2) is 12.1 Å². The zero-order valence-corrected chi connectivity index (χ0v) is 13.2. The molecule has 2 atom stereocenters. The third kappa shape index (κ3) is 2.81. The molecule has 1 aromatic rings. The number of hydrogen-bond acceptors (Lipinski definition) is 5. The first-order chi connectivity index (χ1) is 10.6. The summed E-state index contributed by atoms with van der Waals surface area (Å²) in [5, 5.41) is 20.0. The van der Waals surface area contributed by atoms with E-state index in [2.05, 4.69) is 11.8 Å². The van der Waals surface area contributed by atoms with E-state index >= 15 is 0 Å². The molecule has 0 amide bonds. The van der Waals surface area contributed by atoms with E-state index in [0.29, 0.717) is 18.9 Å². The molecule has 0 aromatic heterocycles. The summed E-state index contributed by atoms with van der Waals surface area (Å²) in [5.74, 6) is 0.429. The molecule has 0 spiro atoms. The smallest absolute Gasteiger partial charge is 0.161 e. The highest BCUT2D eigenvalue weighted by Crippen LogP contribution is 2.42. The van der Waals surface area contributed by atoms with E-state index in [4.69, 9.17) is 10.5 Å². The molecule has 0 radical (unpaired) electrons. The van der Waals surface area contributed by atoms with Crippen molar-refractivity contribution in [3.05, 3.63) is 23.3 Å². The van der Waals surface area contributed by atoms with E-state index in [9.17, 15) is 10.2 Å². The van der Waals surface area contributed by atoms with Crippen molar-refractivity contribution in [1.29, 1.82) is 0 Å². The molecule has 1 aromatic carbocycles. The Balaban J connectivity index is 1.80. The van der Waals surface area contributed by atoms with Gasteiger partial charge in [-0.25, -0.2) is 0 Å². The average Bonchev–Trinajstić information content (AvgIpc) is 2.57. The molecule has 2 aliphatic rings. The van der Waals surface area contributed by atoms with E-state index in [1.54, 1.807) is 0 Å². The van der Waals surface area contributed by atoms with Gasteiger partial charge in [0.1, 0.15) is 0 Å². The summed E-state index contributed by atoms with van der Waals surface area (Å²) in [4.78, 5) is 2.46. The Hall–Kier alpha value is -1.30. The second-order valence-corrected chi connectivity index (χ2v) is 6.38. The van der Waals surface area contributed by atoms with Crippen molar-refractivity contribution in [2.75, 3.05) is 26.2 Å². The van der Waals surface area contributed by atoms with Crippen molar-refractivity contribution in [2.45, 2.75) is 38.4 Å². The molecule has 3 rings (SSSR count). The number of ether oxygens (including phenoxy) is 1. The molecule has 0 saturated carbocycles. The Morgan fingerprint density at radius 1 is 1.27 bits per heavy atom. The standard InChI is InChI=1S/C17H26N2O3/c1-2-19-7-5-11(6-8-19)15-9-13-12(16(10-18)22-15)3-4-14(20)17(13)21/h3-4,11,15-16,20-21H,2,5-10,18H2,1H3. The lowest BCUT2D eigenvalue weighted by molar-refractivity contribution is -0.0644. The summed E-state index contributed by atoms with van der Waals surface area (Å²) in [6.45, 7) is 5.89. The van der Waals surface area contributed by atoms with Crippen LogP contribution in [-0.4, -0.2) is 47.4 Å². The maximum absolute atomic E-state index is 10.2. The van der Waals surface area contributed by atoms with Gasteiger partial charge in [0.05, 0.1) is 12.2 Å². The second kappa shape index (κ2) is 6.44. The summed E-state index contributed by atoms with van der Waals surface area (Å²) < 4.78 is 6.23. The average molecular weight is 306 g/mol. The Bertz CT molecular complexity index is 527. The minimum absolute atomic E-state index is 0.00440. The fraction of sp³-hybridized carbons (Fsp3) is 0.647. The van der Waals surface area contributed by atoms with Crippen molar-refractivity contribution in [1.82, 2.24) is 4.90 Å². The van der Waals surface area contributed by atoms with Crippen molar-refractivity contribution in [2.24, 2.45) is 11.7 Å². The summed E-state index contributed by atoms with van der Waals surface area (Å²) >= 11 is 0. The zero-order valence-electron chi connectivity index (χ0n) is 13.2. The van der Waals surface area contributed by atoms with Gasteiger partial charge in [-0.15, -0.1) is 0 Å². The number of nitrogens with zero attached hydrogens (tertiary/aromatic N) is 1. The Morgan fingerprint density at radius 3 is 2.64 bits per heavy atom. The predicted octanol–water partition coefficient (Wildman–Crippen LogP) is 1.77. The molecule has 4 N–H and O–H groups in total. The number of likely N-dealkylation sites (tertiary alicyclic amines) is 1. The third-order valence-electron chi connectivity index (χ3n) is 5.21. The Labute approximate surface area is 131 Å². The van der Waals surface area contributed by atoms with Crippen molar-refractivity contribution < 1.29 is 14.9 Å². The van der Waals surface area contributed by atoms with Crippen LogP contribution in [-0.2, 0) is 11.2 Å². The van der Waals surface area contributed by atoms with Gasteiger partial charge >= 0.3 is 0 Å². The van der Waals surface area contributed by atoms with E-state index in [1.807, 2.05) is 6.07 Å². The minimum Gasteiger partial charge on any atom is -0.504 e. The fourth-order valence-electron chi connectivity index (χ4n) is 3.79. The van der Waals surface area contributed by atoms with Crippen molar-refractivity contribution in [3.63, 3.8) is 0 Å². The predicted molar refractivity (Wildman–Crippen MR) is 85.0 cm³/mol. The number of hydrogen-bond donors (Lipinski definition) is 3. The molecule has 0 bridgehead atoms. The second-order valence-electron chi connectivity index (χ2n) is 6.38. The molecule has 2 aliphatic heterocycles. The summed E-state index contributed by atoms with van der Waals surface area (Å²) in [5.41, 5.74) is 7.59. The van der Waals surface area contributed by atoms with Crippen LogP contribution in [0.5, 0.6) is 11.5 Å². The van der Waals surface area contributed by atoms with Crippen LogP contribution in [0.4, 0.5) is 0 Å². The molecule has 5 nitrogen and oxygen atoms in total. The van der Waals surface area contributed by atoms with Crippen LogP contribution in [0.25, 0.3) is 0 Å². The Kier molecular flexibility index (Phi) is 4.57. The van der Waals surface area contributed by atoms with E-state index < -0.39 is 0 Å². The number of phenolic OH excluding ortho intramolecular Hbond substituents is 2. The van der Waals surface area contributed by atoms with Crippen LogP contribution >= 0.6 is 0 Å². The van der Waals surface area contributed by atoms with Gasteiger partial charge in [-0.1, -0.05) is 13.0 Å². The lowest BCUT2D eigenvalue weighted by Crippen LogP contribution is -2.42. The van der Waals surface area contributed by atoms with Gasteiger partial charge in [-0.3, -0.25) is 0 Å². The van der Waals surface area contributed by atoms with Crippen molar-refractivity contribution >= 4 is 0 Å². The Morgan fingerprint density at radius 2 is 2.00 bits per heavy atom. The highest BCUT2D eigenvalue weighted by molar-refractivity contribution is 5.51. The number of rotatable bonds is 3. The molecule has 1 fully saturated rings. The topological polar surface area (TPSA) is 79.0 Å². The number of nitrogens with two attached hydrogens (primary N) is 1. The molecule has 2 unspecified atom stereocenters. The molecule has 2 heterocycles. The summed E-state index contributed by atoms with van der Waals surface area (Å²) in [6.07, 6.45) is 2.77. The van der Waals surface area contributed by atoms with Gasteiger partial charge in [0.2, 0.25) is 0 Å². The van der Waals surface area contributed by atoms with E-state index in [1.165, 1.54) is 6.07 Å². The van der Waals surface area contributed by atoms with Crippen LogP contribution in [0, 0.1) is 5.92 Å². The van der Waals surface area contributed by atoms with Gasteiger partial charge in [-0.05, 0) is 50.0 Å². The maximum atomic E-state index is 10.2. The summed E-state index contributed by atoms with van der Waals surface area (Å²) in [7, 11) is 0. The van der Waals surface area contributed by atoms with E-state index in [0.717, 1.165) is 43.6 Å². The van der Waals surface area contributed by atoms with Gasteiger partial charge in [0.15, 0.2) is 11.5 Å². The SMILES string of the molecule is CCN1CCC(C2Cc3c(ccc(O)c3O)C(CN)O2)CC1. The number of benzene rings is 1. The normalized spacial score (nSPS) is 26.8. The van der Waals surface area contributed by atoms with Crippen LogP contribution in [0.1, 0.15) is 37.0 Å². The third-order valence-corrected chi connectivity index (χ3v) is 5.21. The lowest BCUT2D eigenvalue weighted by atomic mass is 9.83. The number of aromatic hydroxyl groups is 2. The van der Waals surface area contributed by atoms with Crippen LogP contribution in [0.3, 0.4) is 0 Å². The monoisotopic (exact) mass is 306 g/mol. The zero-order chi connectivity index (χ0) is 15.7. The fourth-order valence-corrected chi connectivity index (χ4v) is 3.79. The minimum atomic E-state index is -0.190. The lowest BCUT2D eigenvalue weighted by Gasteiger charge is -2.40. The van der Waals surface area contributed by atoms with Gasteiger partial charge in [0, 0.05) is 18.5 Å². The van der Waals surface area contributed by atoms with Gasteiger partial charge < -0.3 is 25.6 Å².